The number of carbonyl (C=O) groups is 1. The highest BCUT2D eigenvalue weighted by atomic mass is 32.2. The van der Waals surface area contributed by atoms with Crippen LogP contribution in [0, 0.1) is 0 Å². The van der Waals surface area contributed by atoms with Crippen LogP contribution in [-0.4, -0.2) is 11.1 Å². The topological polar surface area (TPSA) is 37.3 Å². The smallest absolute Gasteiger partial charge is 0.338 e. The third-order valence-electron chi connectivity index (χ3n) is 1.88. The molecule has 0 bridgehead atoms. The Hall–Kier alpha value is 0.0900. The van der Waals surface area contributed by atoms with Crippen molar-refractivity contribution in [2.24, 2.45) is 0 Å². The molecule has 1 rings (SSSR count). The van der Waals surface area contributed by atoms with Crippen LogP contribution in [0.2, 0.25) is 0 Å². The summed E-state index contributed by atoms with van der Waals surface area (Å²) < 4.78 is 63.8. The van der Waals surface area contributed by atoms with Gasteiger partial charge in [0.1, 0.15) is 0 Å². The molecule has 1 aromatic rings. The lowest BCUT2D eigenvalue weighted by atomic mass is 10.2. The van der Waals surface area contributed by atoms with Crippen LogP contribution in [0.3, 0.4) is 0 Å². The molecule has 12 heteroatoms. The zero-order valence-corrected chi connectivity index (χ0v) is 12.4. The molecule has 0 aliphatic carbocycles. The molecule has 1 N–H and O–H groups in total. The number of hydrogen-bond donors (Lipinski definition) is 1. The Morgan fingerprint density at radius 1 is 0.684 bits per heavy atom. The molecular weight excluding hydrogens is 371 g/mol. The molecule has 0 heterocycles. The van der Waals surface area contributed by atoms with Gasteiger partial charge in [0.25, 0.3) is 0 Å². The average molecular weight is 372 g/mol. The van der Waals surface area contributed by atoms with Crippen LogP contribution in [0.25, 0.3) is 0 Å². The maximum Gasteiger partial charge on any atom is 0.338 e. The molecule has 0 saturated heterocycles. The zero-order chi connectivity index (χ0) is 14.6. The third kappa shape index (κ3) is 3.23. The molecular formula is C7HF5O2S5. The number of carboxylic acids is 1. The van der Waals surface area contributed by atoms with Crippen molar-refractivity contribution in [2.75, 3.05) is 0 Å². The molecule has 19 heavy (non-hydrogen) atoms. The van der Waals surface area contributed by atoms with E-state index >= 15 is 0 Å². The van der Waals surface area contributed by atoms with E-state index in [0.29, 0.717) is 0 Å². The molecule has 0 saturated carbocycles. The van der Waals surface area contributed by atoms with Crippen LogP contribution in [-0.2, 0) is 0 Å². The Bertz CT molecular complexity index is 466. The summed E-state index contributed by atoms with van der Waals surface area (Å²) in [6.45, 7) is 0. The Labute approximate surface area is 126 Å². The van der Waals surface area contributed by atoms with Gasteiger partial charge in [-0.3, -0.25) is 0 Å². The van der Waals surface area contributed by atoms with Gasteiger partial charge in [-0.15, -0.1) is 0 Å². The predicted octanol–water partition coefficient (Wildman–Crippen LogP) is 6.27. The van der Waals surface area contributed by atoms with Gasteiger partial charge < -0.3 is 5.11 Å². The molecule has 0 aliphatic rings. The average Bonchev–Trinajstić information content (AvgIpc) is 2.43. The van der Waals surface area contributed by atoms with Gasteiger partial charge in [-0.2, -0.15) is 19.4 Å². The Morgan fingerprint density at radius 2 is 0.947 bits per heavy atom. The molecule has 0 amide bonds. The summed E-state index contributed by atoms with van der Waals surface area (Å²) in [5.74, 6) is -1.78. The van der Waals surface area contributed by atoms with Crippen molar-refractivity contribution in [1.82, 2.24) is 0 Å². The number of hydrogen-bond acceptors (Lipinski definition) is 6. The van der Waals surface area contributed by atoms with Gasteiger partial charge in [-0.25, -0.2) is 4.79 Å². The van der Waals surface area contributed by atoms with Crippen LogP contribution in [0.4, 0.5) is 19.4 Å². The largest absolute Gasteiger partial charge is 0.478 e. The maximum atomic E-state index is 12.8. The van der Waals surface area contributed by atoms with Crippen LogP contribution in [0.5, 0.6) is 0 Å². The summed E-state index contributed by atoms with van der Waals surface area (Å²) in [6, 6.07) is 0. The fourth-order valence-corrected chi connectivity index (χ4v) is 4.12. The first kappa shape index (κ1) is 17.1. The molecule has 2 nitrogen and oxygen atoms in total. The molecule has 106 valence electrons. The molecule has 0 atom stereocenters. The summed E-state index contributed by atoms with van der Waals surface area (Å²) in [5, 5.41) is 8.89. The maximum absolute atomic E-state index is 12.8. The second-order valence-corrected chi connectivity index (χ2v) is 5.52. The summed E-state index contributed by atoms with van der Waals surface area (Å²) in [6.07, 6.45) is 0. The molecule has 0 radical (unpaired) electrons. The van der Waals surface area contributed by atoms with Crippen molar-refractivity contribution >= 4 is 66.7 Å². The monoisotopic (exact) mass is 372 g/mol. The first-order valence-electron chi connectivity index (χ1n) is 3.97. The van der Waals surface area contributed by atoms with E-state index in [2.05, 4.69) is 0 Å². The van der Waals surface area contributed by atoms with Gasteiger partial charge in [0.15, 0.2) is 0 Å². The van der Waals surface area contributed by atoms with E-state index in [1.54, 1.807) is 0 Å². The lowest BCUT2D eigenvalue weighted by Gasteiger charge is -2.14. The van der Waals surface area contributed by atoms with Crippen molar-refractivity contribution in [3.8, 4) is 0 Å². The highest BCUT2D eigenvalue weighted by Crippen LogP contribution is 2.52. The van der Waals surface area contributed by atoms with Crippen molar-refractivity contribution in [3.63, 3.8) is 0 Å². The van der Waals surface area contributed by atoms with E-state index in [9.17, 15) is 24.2 Å². The number of halogens is 5. The molecule has 1 aromatic carbocycles. The van der Waals surface area contributed by atoms with Crippen molar-refractivity contribution in [3.05, 3.63) is 5.56 Å². The molecule has 0 aliphatic heterocycles. The van der Waals surface area contributed by atoms with Gasteiger partial charge >= 0.3 is 5.97 Å². The van der Waals surface area contributed by atoms with E-state index < -0.39 is 96.7 Å². The Morgan fingerprint density at radius 3 is 1.16 bits per heavy atom. The summed E-state index contributed by atoms with van der Waals surface area (Å²) >= 11 is -3.27. The van der Waals surface area contributed by atoms with E-state index in [4.69, 9.17) is 5.11 Å². The lowest BCUT2D eigenvalue weighted by Crippen LogP contribution is -2.04. The Balaban J connectivity index is 3.85. The fraction of sp³-hybridized carbons (Fsp3) is 0. The van der Waals surface area contributed by atoms with E-state index in [1.165, 1.54) is 0 Å². The van der Waals surface area contributed by atoms with Crippen LogP contribution in [0.1, 0.15) is 10.4 Å². The van der Waals surface area contributed by atoms with E-state index in [0.717, 1.165) is 0 Å². The minimum absolute atomic E-state index is 0.624. The van der Waals surface area contributed by atoms with Crippen LogP contribution in [0.15, 0.2) is 24.5 Å². The minimum atomic E-state index is -1.78. The van der Waals surface area contributed by atoms with Crippen LogP contribution < -0.4 is 0 Å². The molecule has 0 unspecified atom stereocenters. The summed E-state index contributed by atoms with van der Waals surface area (Å²) in [7, 11) is 0. The van der Waals surface area contributed by atoms with Gasteiger partial charge in [0, 0.05) is 0 Å². The van der Waals surface area contributed by atoms with Crippen molar-refractivity contribution in [1.29, 1.82) is 0 Å². The molecule has 0 aromatic heterocycles. The number of carboxylic acid groups (broad SMARTS) is 1. The predicted molar refractivity (Wildman–Crippen MR) is 68.2 cm³/mol. The lowest BCUT2D eigenvalue weighted by molar-refractivity contribution is 0.0687. The zero-order valence-electron chi connectivity index (χ0n) is 8.29. The van der Waals surface area contributed by atoms with E-state index in [-0.39, 0.29) is 0 Å². The summed E-state index contributed by atoms with van der Waals surface area (Å²) in [4.78, 5) is 7.17. The molecule has 0 fully saturated rings. The highest BCUT2D eigenvalue weighted by molar-refractivity contribution is 8.00. The second kappa shape index (κ2) is 7.76. The van der Waals surface area contributed by atoms with Gasteiger partial charge in [-0.05, 0) is 0 Å². The first-order valence-corrected chi connectivity index (χ1v) is 7.55. The van der Waals surface area contributed by atoms with Gasteiger partial charge in [0.05, 0.1) is 90.8 Å². The van der Waals surface area contributed by atoms with Gasteiger partial charge in [0.2, 0.25) is 0 Å². The Kier molecular flexibility index (Phi) is 7.00. The van der Waals surface area contributed by atoms with Gasteiger partial charge in [-0.1, -0.05) is 0 Å². The standard InChI is InChI=1S/C7HF5O2S5/c8-15-2-1(7(13)14)3(16-9)5(18-11)6(19-12)4(2)17-10/h(H,13,14). The van der Waals surface area contributed by atoms with Crippen molar-refractivity contribution < 1.29 is 29.3 Å². The number of aromatic carboxylic acids is 1. The third-order valence-corrected chi connectivity index (χ3v) is 5.21. The first-order chi connectivity index (χ1) is 9.06. The highest BCUT2D eigenvalue weighted by Gasteiger charge is 2.31. The minimum Gasteiger partial charge on any atom is -0.478 e. The fourth-order valence-electron chi connectivity index (χ4n) is 1.19. The normalized spacial score (nSPS) is 10.8. The number of benzene rings is 1. The van der Waals surface area contributed by atoms with E-state index in [1.807, 2.05) is 0 Å². The van der Waals surface area contributed by atoms with Crippen molar-refractivity contribution in [2.45, 2.75) is 24.5 Å². The molecule has 0 spiro atoms. The van der Waals surface area contributed by atoms with Crippen LogP contribution >= 0.6 is 60.7 Å². The summed E-state index contributed by atoms with van der Waals surface area (Å²) in [5.41, 5.74) is -0.946. The quantitative estimate of drug-likeness (QED) is 0.590. The second-order valence-electron chi connectivity index (χ2n) is 2.71. The number of rotatable bonds is 6. The SMILES string of the molecule is O=C(O)c1c(SF)c(SF)c(SF)c(SF)c1SF.